The van der Waals surface area contributed by atoms with E-state index >= 15 is 0 Å². The number of hydrogen-bond donors (Lipinski definition) is 2. The zero-order valence-electron chi connectivity index (χ0n) is 31.1. The number of aliphatic hydroxyl groups excluding tert-OH is 1. The van der Waals surface area contributed by atoms with Crippen LogP contribution in [0.25, 0.3) is 0 Å². The molecule has 0 aromatic carbocycles. The van der Waals surface area contributed by atoms with Gasteiger partial charge in [-0.15, -0.1) is 9.42 Å². The number of unbranched alkanes of at least 4 members (excludes halogenated alkanes) is 28. The van der Waals surface area contributed by atoms with Crippen LogP contribution in [-0.2, 0) is 23.4 Å². The molecule has 0 fully saturated rings. The zero-order chi connectivity index (χ0) is 34.5. The second kappa shape index (κ2) is 38.2. The van der Waals surface area contributed by atoms with Gasteiger partial charge in [0.2, 0.25) is 0 Å². The van der Waals surface area contributed by atoms with Gasteiger partial charge < -0.3 is 14.6 Å². The Morgan fingerprint density at radius 1 is 0.532 bits per heavy atom. The third-order valence-corrected chi connectivity index (χ3v) is 9.55. The quantitative estimate of drug-likeness (QED) is 0.0286. The Kier molecular flexibility index (Phi) is 37.7. The van der Waals surface area contributed by atoms with E-state index in [1.807, 2.05) is 0 Å². The fraction of sp³-hybridized carbons (Fsp3) is 0.974. The first-order chi connectivity index (χ1) is 23.0. The largest absolute Gasteiger partial charge is 0.694 e. The van der Waals surface area contributed by atoms with Crippen LogP contribution in [0.3, 0.4) is 0 Å². The summed E-state index contributed by atoms with van der Waals surface area (Å²) in [4.78, 5) is 21.4. The molecule has 8 heteroatoms. The lowest BCUT2D eigenvalue weighted by Gasteiger charge is -2.18. The number of hydrogen-bond acceptors (Lipinski definition) is 6. The van der Waals surface area contributed by atoms with Gasteiger partial charge in [-0.1, -0.05) is 194 Å². The molecule has 3 atom stereocenters. The molecule has 0 aliphatic rings. The van der Waals surface area contributed by atoms with Crippen molar-refractivity contribution in [1.82, 2.24) is 0 Å². The predicted molar refractivity (Wildman–Crippen MR) is 197 cm³/mol. The van der Waals surface area contributed by atoms with Crippen LogP contribution in [0.5, 0.6) is 0 Å². The second-order valence-electron chi connectivity index (χ2n) is 13.9. The molecule has 0 saturated heterocycles. The Balaban J connectivity index is 3.78. The van der Waals surface area contributed by atoms with Gasteiger partial charge in [0.1, 0.15) is 6.61 Å². The van der Waals surface area contributed by atoms with E-state index in [1.54, 1.807) is 0 Å². The highest BCUT2D eigenvalue weighted by Crippen LogP contribution is 2.18. The summed E-state index contributed by atoms with van der Waals surface area (Å²) in [5, 5.41) is 10.3. The number of carbonyl (C=O) groups excluding carboxylic acids is 1. The van der Waals surface area contributed by atoms with Crippen LogP contribution in [0.15, 0.2) is 0 Å². The molecule has 0 aliphatic heterocycles. The first-order valence-electron chi connectivity index (χ1n) is 20.3. The fourth-order valence-electron chi connectivity index (χ4n) is 6.14. The van der Waals surface area contributed by atoms with Gasteiger partial charge in [0.05, 0.1) is 6.61 Å². The van der Waals surface area contributed by atoms with Crippen LogP contribution < -0.4 is 0 Å². The van der Waals surface area contributed by atoms with Gasteiger partial charge in [0, 0.05) is 11.0 Å². The highest BCUT2D eigenvalue weighted by Gasteiger charge is 2.23. The van der Waals surface area contributed by atoms with Crippen LogP contribution in [0, 0.1) is 0 Å². The Bertz CT molecular complexity index is 663. The number of aliphatic hydroxyl groups is 1. The molecule has 7 nitrogen and oxygen atoms in total. The summed E-state index contributed by atoms with van der Waals surface area (Å²) < 4.78 is 26.8. The smallest absolute Gasteiger partial charge is 0.457 e. The topological polar surface area (TPSA) is 102 Å². The summed E-state index contributed by atoms with van der Waals surface area (Å²) in [5.74, 6) is -0.359. The van der Waals surface area contributed by atoms with Gasteiger partial charge in [-0.25, -0.2) is 0 Å². The molecule has 2 unspecified atom stereocenters. The average molecular weight is 690 g/mol. The summed E-state index contributed by atoms with van der Waals surface area (Å²) in [7, 11) is -2.80. The average Bonchev–Trinajstić information content (AvgIpc) is 3.05. The van der Waals surface area contributed by atoms with Crippen LogP contribution in [0.1, 0.15) is 219 Å². The van der Waals surface area contributed by atoms with Gasteiger partial charge in [0.15, 0.2) is 12.4 Å². The zero-order valence-corrected chi connectivity index (χ0v) is 32.0. The van der Waals surface area contributed by atoms with Crippen molar-refractivity contribution in [3.8, 4) is 0 Å². The molecule has 0 radical (unpaired) electrons. The number of ether oxygens (including phenoxy) is 2. The van der Waals surface area contributed by atoms with E-state index in [2.05, 4.69) is 13.8 Å². The maximum atomic E-state index is 12.4. The molecule has 0 aromatic heterocycles. The summed E-state index contributed by atoms with van der Waals surface area (Å²) in [6.07, 6.45) is 37.4. The van der Waals surface area contributed by atoms with E-state index in [0.29, 0.717) is 12.8 Å². The maximum absolute atomic E-state index is 12.4. The van der Waals surface area contributed by atoms with E-state index in [-0.39, 0.29) is 19.2 Å². The molecular weight excluding hydrogens is 611 g/mol. The minimum absolute atomic E-state index is 0.0618. The van der Waals surface area contributed by atoms with Crippen molar-refractivity contribution in [2.45, 2.75) is 232 Å². The number of carbonyl (C=O) groups is 1. The van der Waals surface area contributed by atoms with Crippen LogP contribution in [0.2, 0.25) is 0 Å². The Labute approximate surface area is 292 Å². The fourth-order valence-corrected chi connectivity index (χ4v) is 6.43. The summed E-state index contributed by atoms with van der Waals surface area (Å²) >= 11 is 0. The van der Waals surface area contributed by atoms with Gasteiger partial charge in [-0.2, -0.15) is 0 Å². The highest BCUT2D eigenvalue weighted by atomic mass is 31.1. The normalized spacial score (nSPS) is 13.1. The van der Waals surface area contributed by atoms with Crippen LogP contribution in [0.4, 0.5) is 0 Å². The van der Waals surface area contributed by atoms with Gasteiger partial charge in [-0.05, 0) is 19.3 Å². The third-order valence-electron chi connectivity index (χ3n) is 9.18. The molecule has 0 saturated carbocycles. The van der Waals surface area contributed by atoms with Crippen molar-refractivity contribution in [2.75, 3.05) is 13.2 Å². The standard InChI is InChI=1S/C39H77O7P/c1-3-5-7-9-11-13-15-17-19-21-23-25-27-29-31-33-38(40)44-35-37(36-45-47(42)43)46-39(41)34-32-30-28-26-24-22-20-18-16-14-12-10-8-6-4-2/h37-38,40H,3-36H2,1-2H3/p+1/t37?,38-/m1/s1. The van der Waals surface area contributed by atoms with Gasteiger partial charge >= 0.3 is 14.2 Å². The van der Waals surface area contributed by atoms with E-state index in [9.17, 15) is 14.5 Å². The molecule has 0 heterocycles. The molecule has 0 aliphatic carbocycles. The lowest BCUT2D eigenvalue weighted by atomic mass is 10.0. The monoisotopic (exact) mass is 690 g/mol. The minimum Gasteiger partial charge on any atom is -0.457 e. The molecule has 280 valence electrons. The van der Waals surface area contributed by atoms with E-state index in [0.717, 1.165) is 32.1 Å². The van der Waals surface area contributed by atoms with E-state index in [1.165, 1.54) is 161 Å². The highest BCUT2D eigenvalue weighted by molar-refractivity contribution is 7.32. The summed E-state index contributed by atoms with van der Waals surface area (Å²) in [6, 6.07) is 0. The Morgan fingerprint density at radius 2 is 0.872 bits per heavy atom. The molecule has 47 heavy (non-hydrogen) atoms. The number of esters is 1. The molecule has 0 bridgehead atoms. The van der Waals surface area contributed by atoms with Crippen LogP contribution in [-0.4, -0.2) is 41.6 Å². The lowest BCUT2D eigenvalue weighted by Crippen LogP contribution is -2.30. The van der Waals surface area contributed by atoms with Crippen molar-refractivity contribution < 1.29 is 33.4 Å². The first kappa shape index (κ1) is 46.4. The summed E-state index contributed by atoms with van der Waals surface area (Å²) in [6.45, 7) is 4.23. The molecule has 2 N–H and O–H groups in total. The van der Waals surface area contributed by atoms with Crippen molar-refractivity contribution in [2.24, 2.45) is 0 Å². The Hall–Kier alpha value is -0.590. The number of rotatable bonds is 39. The molecule has 0 spiro atoms. The SMILES string of the molecule is CCCCCCCCCCCCCCCCCC(=O)OC(CO[C@@H](O)CCCCCCCCCCCCCCCCC)CO[P+](=O)O. The van der Waals surface area contributed by atoms with Crippen molar-refractivity contribution in [1.29, 1.82) is 0 Å². The van der Waals surface area contributed by atoms with Crippen molar-refractivity contribution in [3.63, 3.8) is 0 Å². The predicted octanol–water partition coefficient (Wildman–Crippen LogP) is 12.4. The summed E-state index contributed by atoms with van der Waals surface area (Å²) in [5.41, 5.74) is 0. The molecular formula is C39H78O7P+. The van der Waals surface area contributed by atoms with E-state index < -0.39 is 20.6 Å². The minimum atomic E-state index is -2.80. The van der Waals surface area contributed by atoms with Gasteiger partial charge in [0.25, 0.3) is 0 Å². The first-order valence-corrected chi connectivity index (χ1v) is 21.4. The molecule has 0 aromatic rings. The van der Waals surface area contributed by atoms with E-state index in [4.69, 9.17) is 18.9 Å². The van der Waals surface area contributed by atoms with Crippen molar-refractivity contribution in [3.05, 3.63) is 0 Å². The molecule has 0 rings (SSSR count). The maximum Gasteiger partial charge on any atom is 0.694 e. The van der Waals surface area contributed by atoms with Crippen LogP contribution >= 0.6 is 8.25 Å². The third kappa shape index (κ3) is 38.1. The molecule has 0 amide bonds. The Morgan fingerprint density at radius 3 is 1.23 bits per heavy atom. The van der Waals surface area contributed by atoms with Crippen molar-refractivity contribution >= 4 is 14.2 Å². The van der Waals surface area contributed by atoms with Gasteiger partial charge in [-0.3, -0.25) is 4.79 Å². The second-order valence-corrected chi connectivity index (χ2v) is 14.6. The lowest BCUT2D eigenvalue weighted by molar-refractivity contribution is -0.166.